The molecule has 0 atom stereocenters. The number of nitrogens with one attached hydrogen (secondary N) is 1. The molecule has 0 radical (unpaired) electrons. The minimum atomic E-state index is -0.168. The molecule has 0 aliphatic heterocycles. The van der Waals surface area contributed by atoms with Crippen LogP contribution in [0.4, 0.5) is 5.69 Å². The molecule has 0 aliphatic carbocycles. The van der Waals surface area contributed by atoms with Gasteiger partial charge in [0.05, 0.1) is 5.56 Å². The highest BCUT2D eigenvalue weighted by molar-refractivity contribution is 14.1. The Kier molecular flexibility index (Phi) is 5.25. The average molecular weight is 547 g/mol. The van der Waals surface area contributed by atoms with Gasteiger partial charge in [0.1, 0.15) is 5.52 Å². The van der Waals surface area contributed by atoms with Gasteiger partial charge in [-0.2, -0.15) is 0 Å². The zero-order chi connectivity index (χ0) is 19.8. The van der Waals surface area contributed by atoms with Gasteiger partial charge in [-0.05, 0) is 106 Å². The van der Waals surface area contributed by atoms with Crippen LogP contribution in [0.25, 0.3) is 22.6 Å². The zero-order valence-corrected chi connectivity index (χ0v) is 19.0. The van der Waals surface area contributed by atoms with Crippen molar-refractivity contribution < 1.29 is 9.21 Å². The van der Waals surface area contributed by atoms with Crippen LogP contribution in [0.2, 0.25) is 0 Å². The van der Waals surface area contributed by atoms with Gasteiger partial charge in [0, 0.05) is 19.3 Å². The number of rotatable bonds is 3. The number of carbonyl (C=O) groups excluding carboxylic acids is 1. The van der Waals surface area contributed by atoms with E-state index in [1.807, 2.05) is 68.4 Å². The molecule has 0 fully saturated rings. The van der Waals surface area contributed by atoms with Crippen molar-refractivity contribution in [3.05, 3.63) is 79.3 Å². The first-order valence-electron chi connectivity index (χ1n) is 8.65. The van der Waals surface area contributed by atoms with Crippen molar-refractivity contribution in [1.29, 1.82) is 0 Å². The number of halogens is 2. The Hall–Kier alpha value is -2.19. The summed E-state index contributed by atoms with van der Waals surface area (Å²) in [6.45, 7) is 3.98. The summed E-state index contributed by atoms with van der Waals surface area (Å²) in [7, 11) is 0. The van der Waals surface area contributed by atoms with Gasteiger partial charge >= 0.3 is 0 Å². The number of carbonyl (C=O) groups is 1. The first-order chi connectivity index (χ1) is 13.4. The average Bonchev–Trinajstić information content (AvgIpc) is 3.08. The van der Waals surface area contributed by atoms with Crippen molar-refractivity contribution in [1.82, 2.24) is 4.98 Å². The molecule has 4 nitrogen and oxygen atoms in total. The predicted molar refractivity (Wildman–Crippen MR) is 124 cm³/mol. The summed E-state index contributed by atoms with van der Waals surface area (Å²) < 4.78 is 7.65. The van der Waals surface area contributed by atoms with E-state index in [9.17, 15) is 4.79 Å². The number of aromatic nitrogens is 1. The number of benzene rings is 3. The molecule has 1 heterocycles. The summed E-state index contributed by atoms with van der Waals surface area (Å²) >= 11 is 5.64. The number of anilines is 1. The second-order valence-electron chi connectivity index (χ2n) is 6.60. The largest absolute Gasteiger partial charge is 0.436 e. The standard InChI is InChI=1S/C22H16BrIN2O2/c1-12-3-8-20-19(9-12)26-22(28-20)14-5-4-13(2)18(10-14)25-21(27)16-11-15(24)6-7-17(16)23/h3-11H,1-2H3,(H,25,27). The third-order valence-corrected chi connectivity index (χ3v) is 5.81. The highest BCUT2D eigenvalue weighted by atomic mass is 127. The van der Waals surface area contributed by atoms with Gasteiger partial charge in [-0.3, -0.25) is 4.79 Å². The van der Waals surface area contributed by atoms with Crippen LogP contribution in [-0.4, -0.2) is 10.9 Å². The van der Waals surface area contributed by atoms with Crippen LogP contribution in [0.15, 0.2) is 63.5 Å². The monoisotopic (exact) mass is 546 g/mol. The van der Waals surface area contributed by atoms with Crippen molar-refractivity contribution >= 4 is 61.2 Å². The van der Waals surface area contributed by atoms with E-state index < -0.39 is 0 Å². The molecule has 1 amide bonds. The fraction of sp³-hybridized carbons (Fsp3) is 0.0909. The minimum absolute atomic E-state index is 0.168. The summed E-state index contributed by atoms with van der Waals surface area (Å²) in [5.41, 5.74) is 5.80. The van der Waals surface area contributed by atoms with E-state index >= 15 is 0 Å². The number of amides is 1. The molecule has 0 saturated carbocycles. The van der Waals surface area contributed by atoms with E-state index in [0.29, 0.717) is 11.5 Å². The molecule has 1 aromatic heterocycles. The summed E-state index contributed by atoms with van der Waals surface area (Å²) in [6.07, 6.45) is 0. The lowest BCUT2D eigenvalue weighted by molar-refractivity contribution is 0.102. The lowest BCUT2D eigenvalue weighted by Gasteiger charge is -2.11. The third kappa shape index (κ3) is 3.84. The van der Waals surface area contributed by atoms with Gasteiger partial charge in [-0.1, -0.05) is 12.1 Å². The van der Waals surface area contributed by atoms with Crippen LogP contribution in [-0.2, 0) is 0 Å². The second kappa shape index (κ2) is 7.67. The van der Waals surface area contributed by atoms with E-state index in [4.69, 9.17) is 4.42 Å². The molecule has 1 N–H and O–H groups in total. The number of nitrogens with zero attached hydrogens (tertiary/aromatic N) is 1. The first-order valence-corrected chi connectivity index (χ1v) is 10.5. The van der Waals surface area contributed by atoms with Gasteiger partial charge in [0.25, 0.3) is 5.91 Å². The molecule has 3 aromatic carbocycles. The SMILES string of the molecule is Cc1ccc2oc(-c3ccc(C)c(NC(=O)c4cc(I)ccc4Br)c3)nc2c1. The van der Waals surface area contributed by atoms with Crippen LogP contribution >= 0.6 is 38.5 Å². The molecule has 28 heavy (non-hydrogen) atoms. The number of hydrogen-bond acceptors (Lipinski definition) is 3. The highest BCUT2D eigenvalue weighted by Crippen LogP contribution is 2.29. The molecule has 0 aliphatic rings. The smallest absolute Gasteiger partial charge is 0.256 e. The molecule has 140 valence electrons. The molecular formula is C22H16BrIN2O2. The van der Waals surface area contributed by atoms with E-state index in [0.717, 1.165) is 41.5 Å². The maximum Gasteiger partial charge on any atom is 0.256 e. The van der Waals surface area contributed by atoms with E-state index in [2.05, 4.69) is 48.8 Å². The van der Waals surface area contributed by atoms with Gasteiger partial charge in [-0.25, -0.2) is 4.98 Å². The third-order valence-electron chi connectivity index (χ3n) is 4.45. The first kappa shape index (κ1) is 19.1. The van der Waals surface area contributed by atoms with Gasteiger partial charge in [-0.15, -0.1) is 0 Å². The number of fused-ring (bicyclic) bond motifs is 1. The molecule has 4 aromatic rings. The summed E-state index contributed by atoms with van der Waals surface area (Å²) in [6, 6.07) is 17.4. The summed E-state index contributed by atoms with van der Waals surface area (Å²) in [5, 5.41) is 3.01. The molecule has 4 rings (SSSR count). The fourth-order valence-corrected chi connectivity index (χ4v) is 3.83. The lowest BCUT2D eigenvalue weighted by Crippen LogP contribution is -2.13. The molecule has 0 bridgehead atoms. The van der Waals surface area contributed by atoms with Crippen molar-refractivity contribution in [2.75, 3.05) is 5.32 Å². The van der Waals surface area contributed by atoms with Crippen LogP contribution in [0.5, 0.6) is 0 Å². The Morgan fingerprint density at radius 2 is 1.89 bits per heavy atom. The molecule has 6 heteroatoms. The maximum absolute atomic E-state index is 12.8. The van der Waals surface area contributed by atoms with Crippen LogP contribution in [0, 0.1) is 17.4 Å². The zero-order valence-electron chi connectivity index (χ0n) is 15.2. The second-order valence-corrected chi connectivity index (χ2v) is 8.70. The highest BCUT2D eigenvalue weighted by Gasteiger charge is 2.14. The molecule has 0 unspecified atom stereocenters. The van der Waals surface area contributed by atoms with Crippen molar-refractivity contribution in [2.45, 2.75) is 13.8 Å². The number of hydrogen-bond donors (Lipinski definition) is 1. The maximum atomic E-state index is 12.8. The van der Waals surface area contributed by atoms with E-state index in [1.54, 1.807) is 0 Å². The topological polar surface area (TPSA) is 55.1 Å². The van der Waals surface area contributed by atoms with Gasteiger partial charge < -0.3 is 9.73 Å². The number of oxazole rings is 1. The normalized spacial score (nSPS) is 11.0. The number of aryl methyl sites for hydroxylation is 2. The Bertz CT molecular complexity index is 1220. The van der Waals surface area contributed by atoms with Gasteiger partial charge in [0.2, 0.25) is 5.89 Å². The van der Waals surface area contributed by atoms with Crippen molar-refractivity contribution in [3.8, 4) is 11.5 Å². The molecule has 0 spiro atoms. The fourth-order valence-electron chi connectivity index (χ4n) is 2.91. The summed E-state index contributed by atoms with van der Waals surface area (Å²) in [5.74, 6) is 0.366. The molecule has 0 saturated heterocycles. The minimum Gasteiger partial charge on any atom is -0.436 e. The van der Waals surface area contributed by atoms with Crippen molar-refractivity contribution in [2.24, 2.45) is 0 Å². The summed E-state index contributed by atoms with van der Waals surface area (Å²) in [4.78, 5) is 17.4. The Labute approximate surface area is 184 Å². The molecular weight excluding hydrogens is 531 g/mol. The van der Waals surface area contributed by atoms with E-state index in [-0.39, 0.29) is 5.91 Å². The van der Waals surface area contributed by atoms with Crippen LogP contribution in [0.1, 0.15) is 21.5 Å². The van der Waals surface area contributed by atoms with E-state index in [1.165, 1.54) is 0 Å². The Morgan fingerprint density at radius 1 is 1.07 bits per heavy atom. The predicted octanol–water partition coefficient (Wildman–Crippen LogP) is 6.73. The van der Waals surface area contributed by atoms with Crippen LogP contribution < -0.4 is 5.32 Å². The van der Waals surface area contributed by atoms with Gasteiger partial charge in [0.15, 0.2) is 5.58 Å². The Morgan fingerprint density at radius 3 is 2.71 bits per heavy atom. The lowest BCUT2D eigenvalue weighted by atomic mass is 10.1. The van der Waals surface area contributed by atoms with Crippen LogP contribution in [0.3, 0.4) is 0 Å². The van der Waals surface area contributed by atoms with Crippen molar-refractivity contribution in [3.63, 3.8) is 0 Å². The quantitative estimate of drug-likeness (QED) is 0.290. The Balaban J connectivity index is 1.68.